The third-order valence-electron chi connectivity index (χ3n) is 3.64. The molecule has 28 heavy (non-hydrogen) atoms. The summed E-state index contributed by atoms with van der Waals surface area (Å²) in [4.78, 5) is 24.1. The zero-order valence-electron chi connectivity index (χ0n) is 15.6. The minimum Gasteiger partial charge on any atom is -0.326 e. The van der Waals surface area contributed by atoms with Gasteiger partial charge in [-0.05, 0) is 37.5 Å². The fourth-order valence-corrected chi connectivity index (χ4v) is 3.42. The number of halogens is 3. The van der Waals surface area contributed by atoms with Crippen LogP contribution in [0.4, 0.5) is 18.9 Å². The molecule has 6 nitrogen and oxygen atoms in total. The van der Waals surface area contributed by atoms with Crippen molar-refractivity contribution in [2.75, 3.05) is 5.32 Å². The molecule has 1 fully saturated rings. The third kappa shape index (κ3) is 6.66. The predicted octanol–water partition coefficient (Wildman–Crippen LogP) is 4.04. The van der Waals surface area contributed by atoms with Gasteiger partial charge in [0.1, 0.15) is 5.25 Å². The van der Waals surface area contributed by atoms with Crippen LogP contribution in [0.25, 0.3) is 0 Å². The van der Waals surface area contributed by atoms with E-state index in [1.54, 1.807) is 0 Å². The second-order valence-corrected chi connectivity index (χ2v) is 7.96. The Kier molecular flexibility index (Phi) is 7.22. The number of benzene rings is 1. The topological polar surface area (TPSA) is 82.9 Å². The summed E-state index contributed by atoms with van der Waals surface area (Å²) < 4.78 is 38.2. The molecule has 152 valence electrons. The Bertz CT molecular complexity index is 806. The van der Waals surface area contributed by atoms with E-state index < -0.39 is 22.9 Å². The lowest BCUT2D eigenvalue weighted by Gasteiger charge is -2.10. The van der Waals surface area contributed by atoms with Crippen LogP contribution in [0.5, 0.6) is 0 Å². The standard InChI is InChI=1S/C18H21F3N4O2S/c1-10(2)7-11(3)24-25-17-23-16(27)14(28-17)9-15(26)22-13-6-4-5-12(8-13)18(19,20)21/h4-6,8,10,14H,7,9H2,1-3H3,(H,22,26)(H,23,25,27). The van der Waals surface area contributed by atoms with Crippen molar-refractivity contribution in [2.24, 2.45) is 16.1 Å². The van der Waals surface area contributed by atoms with Gasteiger partial charge in [0, 0.05) is 17.8 Å². The molecule has 1 aromatic carbocycles. The molecule has 0 aromatic heterocycles. The monoisotopic (exact) mass is 414 g/mol. The van der Waals surface area contributed by atoms with Crippen LogP contribution in [-0.2, 0) is 15.8 Å². The van der Waals surface area contributed by atoms with Gasteiger partial charge < -0.3 is 10.6 Å². The molecular formula is C18H21F3N4O2S. The molecule has 1 unspecified atom stereocenters. The van der Waals surface area contributed by atoms with Gasteiger partial charge in [0.05, 0.1) is 5.56 Å². The summed E-state index contributed by atoms with van der Waals surface area (Å²) in [5.41, 5.74) is -0.0172. The summed E-state index contributed by atoms with van der Waals surface area (Å²) in [7, 11) is 0. The molecule has 1 heterocycles. The van der Waals surface area contributed by atoms with Crippen molar-refractivity contribution >= 4 is 40.1 Å². The number of alkyl halides is 3. The van der Waals surface area contributed by atoms with Gasteiger partial charge in [-0.15, -0.1) is 5.10 Å². The van der Waals surface area contributed by atoms with Crippen molar-refractivity contribution < 1.29 is 22.8 Å². The molecule has 1 saturated heterocycles. The second kappa shape index (κ2) is 9.22. The summed E-state index contributed by atoms with van der Waals surface area (Å²) in [6, 6.07) is 4.32. The minimum atomic E-state index is -4.50. The van der Waals surface area contributed by atoms with Crippen molar-refractivity contribution in [1.29, 1.82) is 0 Å². The fraction of sp³-hybridized carbons (Fsp3) is 0.444. The van der Waals surface area contributed by atoms with Gasteiger partial charge in [-0.1, -0.05) is 31.7 Å². The van der Waals surface area contributed by atoms with Crippen LogP contribution in [0.1, 0.15) is 39.2 Å². The highest BCUT2D eigenvalue weighted by Gasteiger charge is 2.33. The maximum atomic E-state index is 12.7. The number of thioether (sulfide) groups is 1. The van der Waals surface area contributed by atoms with E-state index in [-0.39, 0.29) is 18.0 Å². The first-order valence-corrected chi connectivity index (χ1v) is 9.48. The first-order chi connectivity index (χ1) is 13.0. The maximum absolute atomic E-state index is 12.7. The summed E-state index contributed by atoms with van der Waals surface area (Å²) in [5.74, 6) is -0.519. The summed E-state index contributed by atoms with van der Waals surface area (Å²) >= 11 is 1.07. The molecule has 1 aliphatic rings. The number of amidine groups is 1. The highest BCUT2D eigenvalue weighted by atomic mass is 32.2. The maximum Gasteiger partial charge on any atom is 0.416 e. The van der Waals surface area contributed by atoms with Gasteiger partial charge in [-0.25, -0.2) is 0 Å². The Morgan fingerprint density at radius 1 is 1.36 bits per heavy atom. The minimum absolute atomic E-state index is 0.0195. The van der Waals surface area contributed by atoms with E-state index in [0.717, 1.165) is 36.0 Å². The Labute approximate surface area is 165 Å². The number of nitrogens with zero attached hydrogens (tertiary/aromatic N) is 2. The number of amides is 2. The van der Waals surface area contributed by atoms with Crippen LogP contribution in [0.3, 0.4) is 0 Å². The number of hydrogen-bond acceptors (Lipinski definition) is 5. The third-order valence-corrected chi connectivity index (χ3v) is 4.71. The van der Waals surface area contributed by atoms with Gasteiger partial charge in [0.15, 0.2) is 5.17 Å². The van der Waals surface area contributed by atoms with E-state index in [1.165, 1.54) is 12.1 Å². The highest BCUT2D eigenvalue weighted by molar-refractivity contribution is 8.15. The van der Waals surface area contributed by atoms with Crippen LogP contribution < -0.4 is 10.6 Å². The van der Waals surface area contributed by atoms with Gasteiger partial charge >= 0.3 is 6.18 Å². The molecule has 10 heteroatoms. The van der Waals surface area contributed by atoms with Crippen LogP contribution in [0.15, 0.2) is 34.5 Å². The number of hydrogen-bond donors (Lipinski definition) is 2. The lowest BCUT2D eigenvalue weighted by atomic mass is 10.1. The SMILES string of the molecule is CC(CC(C)C)=N/N=C1/NC(=O)C(CC(=O)Nc2cccc(C(F)(F)F)c2)S1. The Morgan fingerprint density at radius 2 is 2.07 bits per heavy atom. The zero-order valence-corrected chi connectivity index (χ0v) is 16.4. The van der Waals surface area contributed by atoms with Gasteiger partial charge in [-0.2, -0.15) is 18.3 Å². The lowest BCUT2D eigenvalue weighted by Crippen LogP contribution is -2.28. The predicted molar refractivity (Wildman–Crippen MR) is 104 cm³/mol. The number of anilines is 1. The van der Waals surface area contributed by atoms with Crippen molar-refractivity contribution in [3.8, 4) is 0 Å². The van der Waals surface area contributed by atoms with Crippen LogP contribution in [0.2, 0.25) is 0 Å². The number of carbonyl (C=O) groups excluding carboxylic acids is 2. The van der Waals surface area contributed by atoms with Gasteiger partial charge in [-0.3, -0.25) is 9.59 Å². The van der Waals surface area contributed by atoms with Crippen molar-refractivity contribution in [3.05, 3.63) is 29.8 Å². The molecule has 0 radical (unpaired) electrons. The van der Waals surface area contributed by atoms with E-state index in [0.29, 0.717) is 11.1 Å². The van der Waals surface area contributed by atoms with Crippen LogP contribution >= 0.6 is 11.8 Å². The molecule has 0 aliphatic carbocycles. The zero-order chi connectivity index (χ0) is 20.9. The van der Waals surface area contributed by atoms with E-state index >= 15 is 0 Å². The van der Waals surface area contributed by atoms with Crippen molar-refractivity contribution in [3.63, 3.8) is 0 Å². The molecule has 1 aliphatic heterocycles. The number of nitrogens with one attached hydrogen (secondary N) is 2. The lowest BCUT2D eigenvalue weighted by molar-refractivity contribution is -0.137. The Balaban J connectivity index is 1.95. The Hall–Kier alpha value is -2.36. The number of rotatable bonds is 6. The molecule has 2 rings (SSSR count). The van der Waals surface area contributed by atoms with Crippen molar-refractivity contribution in [2.45, 2.75) is 45.0 Å². The van der Waals surface area contributed by atoms with Crippen molar-refractivity contribution in [1.82, 2.24) is 5.32 Å². The second-order valence-electron chi connectivity index (χ2n) is 6.77. The van der Waals surface area contributed by atoms with E-state index in [4.69, 9.17) is 0 Å². The Morgan fingerprint density at radius 3 is 2.71 bits per heavy atom. The van der Waals surface area contributed by atoms with E-state index in [2.05, 4.69) is 34.7 Å². The largest absolute Gasteiger partial charge is 0.416 e. The highest BCUT2D eigenvalue weighted by Crippen LogP contribution is 2.31. The first kappa shape index (κ1) is 21.9. The smallest absolute Gasteiger partial charge is 0.326 e. The molecule has 2 amide bonds. The normalized spacial score (nSPS) is 19.2. The summed E-state index contributed by atoms with van der Waals surface area (Å²) in [6.45, 7) is 5.94. The molecular weight excluding hydrogens is 393 g/mol. The van der Waals surface area contributed by atoms with Crippen LogP contribution in [0, 0.1) is 5.92 Å². The van der Waals surface area contributed by atoms with E-state index in [1.807, 2.05) is 6.92 Å². The van der Waals surface area contributed by atoms with Crippen LogP contribution in [-0.4, -0.2) is 27.9 Å². The fourth-order valence-electron chi connectivity index (χ4n) is 2.50. The molecule has 1 aromatic rings. The van der Waals surface area contributed by atoms with Gasteiger partial charge in [0.25, 0.3) is 0 Å². The van der Waals surface area contributed by atoms with Gasteiger partial charge in [0.2, 0.25) is 11.8 Å². The average Bonchev–Trinajstić information content (AvgIpc) is 2.91. The summed E-state index contributed by atoms with van der Waals surface area (Å²) in [6.07, 6.45) is -3.92. The summed E-state index contributed by atoms with van der Waals surface area (Å²) in [5, 5.41) is 12.6. The van der Waals surface area contributed by atoms with E-state index in [9.17, 15) is 22.8 Å². The number of carbonyl (C=O) groups is 2. The molecule has 2 N–H and O–H groups in total. The molecule has 0 saturated carbocycles. The quantitative estimate of drug-likeness (QED) is 0.544. The molecule has 1 atom stereocenters. The molecule has 0 spiro atoms. The molecule has 0 bridgehead atoms. The average molecular weight is 414 g/mol. The first-order valence-electron chi connectivity index (χ1n) is 8.60.